The van der Waals surface area contributed by atoms with Crippen molar-refractivity contribution < 1.29 is 14.6 Å². The molecule has 0 saturated heterocycles. The lowest BCUT2D eigenvalue weighted by atomic mass is 10.0. The standard InChI is InChI=1S/C24H27ClN4O5/c1-4-13-34-19-11-9-18(10-12-19)26-21-27-22(32)29(24(2,3)14-20(30)31)23(33)28(21)15-16-5-7-17(25)8-6-16/h5-12H,4,13-15H2,1-3H3,(H,30,31)(H,26,27,32). The summed E-state index contributed by atoms with van der Waals surface area (Å²) in [6.45, 7) is 5.74. The first-order valence-corrected chi connectivity index (χ1v) is 11.2. The molecule has 180 valence electrons. The van der Waals surface area contributed by atoms with Gasteiger partial charge in [0.1, 0.15) is 5.75 Å². The largest absolute Gasteiger partial charge is 0.494 e. The minimum Gasteiger partial charge on any atom is -0.494 e. The number of nitrogens with zero attached hydrogens (tertiary/aromatic N) is 3. The molecule has 0 amide bonds. The summed E-state index contributed by atoms with van der Waals surface area (Å²) in [6.07, 6.45) is 0.471. The summed E-state index contributed by atoms with van der Waals surface area (Å²) in [4.78, 5) is 44.9. The van der Waals surface area contributed by atoms with Crippen LogP contribution in [-0.4, -0.2) is 31.8 Å². The van der Waals surface area contributed by atoms with E-state index in [4.69, 9.17) is 16.3 Å². The van der Waals surface area contributed by atoms with E-state index >= 15 is 0 Å². The normalized spacial score (nSPS) is 12.1. The third-order valence-corrected chi connectivity index (χ3v) is 5.34. The SMILES string of the molecule is CCCOc1ccc(/N=c2\[nH]c(=O)n(C(C)(C)CC(=O)O)c(=O)n2Cc2ccc(Cl)cc2)cc1. The molecule has 0 unspecified atom stereocenters. The molecule has 9 nitrogen and oxygen atoms in total. The second-order valence-corrected chi connectivity index (χ2v) is 8.86. The summed E-state index contributed by atoms with van der Waals surface area (Å²) in [5.41, 5.74) is -1.40. The topological polar surface area (TPSA) is 119 Å². The summed E-state index contributed by atoms with van der Waals surface area (Å²) in [5, 5.41) is 9.82. The van der Waals surface area contributed by atoms with Crippen LogP contribution in [0.25, 0.3) is 0 Å². The minimum absolute atomic E-state index is 0.0366. The maximum absolute atomic E-state index is 13.5. The summed E-state index contributed by atoms with van der Waals surface area (Å²) < 4.78 is 7.79. The van der Waals surface area contributed by atoms with Gasteiger partial charge in [-0.1, -0.05) is 30.7 Å². The third-order valence-electron chi connectivity index (χ3n) is 5.09. The van der Waals surface area contributed by atoms with Crippen molar-refractivity contribution >= 4 is 23.3 Å². The molecule has 0 spiro atoms. The van der Waals surface area contributed by atoms with Crippen molar-refractivity contribution in [3.05, 3.63) is 85.7 Å². The number of hydrogen-bond acceptors (Lipinski definition) is 5. The van der Waals surface area contributed by atoms with Crippen LogP contribution >= 0.6 is 11.6 Å². The highest BCUT2D eigenvalue weighted by atomic mass is 35.5. The van der Waals surface area contributed by atoms with E-state index in [0.717, 1.165) is 16.6 Å². The number of carboxylic acids is 1. The van der Waals surface area contributed by atoms with Gasteiger partial charge in [0.2, 0.25) is 5.62 Å². The van der Waals surface area contributed by atoms with Gasteiger partial charge >= 0.3 is 17.3 Å². The zero-order chi connectivity index (χ0) is 24.9. The predicted octanol–water partition coefficient (Wildman–Crippen LogP) is 3.27. The fourth-order valence-corrected chi connectivity index (χ4v) is 3.59. The number of carbonyl (C=O) groups is 1. The smallest absolute Gasteiger partial charge is 0.335 e. The van der Waals surface area contributed by atoms with Crippen LogP contribution in [0.2, 0.25) is 5.02 Å². The van der Waals surface area contributed by atoms with E-state index in [-0.39, 0.29) is 12.2 Å². The number of H-pyrrole nitrogens is 1. The van der Waals surface area contributed by atoms with Crippen LogP contribution in [0.5, 0.6) is 5.75 Å². The van der Waals surface area contributed by atoms with Gasteiger partial charge in [-0.3, -0.25) is 14.3 Å². The Morgan fingerprint density at radius 1 is 1.12 bits per heavy atom. The first-order chi connectivity index (χ1) is 16.1. The van der Waals surface area contributed by atoms with Crippen LogP contribution < -0.4 is 21.7 Å². The Morgan fingerprint density at radius 3 is 2.35 bits per heavy atom. The Balaban J connectivity index is 2.17. The second kappa shape index (κ2) is 10.6. The Labute approximate surface area is 200 Å². The number of rotatable bonds is 9. The first kappa shape index (κ1) is 25.0. The Bertz CT molecular complexity index is 1340. The van der Waals surface area contributed by atoms with E-state index in [1.807, 2.05) is 6.92 Å². The number of aromatic amines is 1. The Kier molecular flexibility index (Phi) is 7.78. The molecule has 0 fully saturated rings. The van der Waals surface area contributed by atoms with Crippen LogP contribution in [0.1, 0.15) is 39.2 Å². The van der Waals surface area contributed by atoms with Gasteiger partial charge in [0.25, 0.3) is 0 Å². The van der Waals surface area contributed by atoms with Crippen molar-refractivity contribution in [2.45, 2.75) is 45.7 Å². The molecule has 0 bridgehead atoms. The van der Waals surface area contributed by atoms with Gasteiger partial charge in [-0.05, 0) is 62.2 Å². The number of aromatic nitrogens is 3. The third kappa shape index (κ3) is 6.05. The molecule has 0 atom stereocenters. The fraction of sp³-hybridized carbons (Fsp3) is 0.333. The van der Waals surface area contributed by atoms with E-state index < -0.39 is 29.3 Å². The molecule has 0 radical (unpaired) electrons. The maximum atomic E-state index is 13.5. The number of ether oxygens (including phenoxy) is 1. The van der Waals surface area contributed by atoms with Gasteiger partial charge in [-0.15, -0.1) is 0 Å². The highest BCUT2D eigenvalue weighted by molar-refractivity contribution is 6.30. The van der Waals surface area contributed by atoms with Gasteiger partial charge in [0.05, 0.1) is 30.8 Å². The molecular formula is C24H27ClN4O5. The van der Waals surface area contributed by atoms with Crippen molar-refractivity contribution in [3.8, 4) is 5.75 Å². The van der Waals surface area contributed by atoms with E-state index in [2.05, 4.69) is 9.98 Å². The van der Waals surface area contributed by atoms with Crippen LogP contribution in [0, 0.1) is 0 Å². The molecule has 0 aliphatic rings. The summed E-state index contributed by atoms with van der Waals surface area (Å²) in [7, 11) is 0. The second-order valence-electron chi connectivity index (χ2n) is 8.42. The zero-order valence-corrected chi connectivity index (χ0v) is 20.0. The van der Waals surface area contributed by atoms with Crippen LogP contribution in [0.15, 0.2) is 63.1 Å². The van der Waals surface area contributed by atoms with Crippen molar-refractivity contribution in [2.75, 3.05) is 6.61 Å². The van der Waals surface area contributed by atoms with Gasteiger partial charge in [0.15, 0.2) is 0 Å². The number of aliphatic carboxylic acids is 1. The lowest BCUT2D eigenvalue weighted by Crippen LogP contribution is -2.56. The molecule has 1 aromatic heterocycles. The minimum atomic E-state index is -1.27. The fourth-order valence-electron chi connectivity index (χ4n) is 3.46. The molecule has 3 rings (SSSR count). The van der Waals surface area contributed by atoms with Crippen LogP contribution in [0.4, 0.5) is 5.69 Å². The lowest BCUT2D eigenvalue weighted by molar-refractivity contribution is -0.139. The average Bonchev–Trinajstić information content (AvgIpc) is 2.76. The molecule has 1 heterocycles. The molecule has 3 aromatic rings. The Morgan fingerprint density at radius 2 is 1.76 bits per heavy atom. The van der Waals surface area contributed by atoms with Gasteiger partial charge in [0, 0.05) is 5.02 Å². The molecule has 0 aliphatic carbocycles. The highest BCUT2D eigenvalue weighted by Crippen LogP contribution is 2.18. The number of halogens is 1. The Hall–Kier alpha value is -3.59. The number of hydrogen-bond donors (Lipinski definition) is 2. The van der Waals surface area contributed by atoms with E-state index in [9.17, 15) is 19.5 Å². The number of benzene rings is 2. The van der Waals surface area contributed by atoms with Crippen molar-refractivity contribution in [1.82, 2.24) is 14.1 Å². The number of nitrogens with one attached hydrogen (secondary N) is 1. The molecule has 2 aromatic carbocycles. The molecule has 2 N–H and O–H groups in total. The van der Waals surface area contributed by atoms with Gasteiger partial charge in [-0.25, -0.2) is 19.1 Å². The maximum Gasteiger partial charge on any atom is 0.335 e. The van der Waals surface area contributed by atoms with E-state index in [1.165, 1.54) is 18.4 Å². The summed E-state index contributed by atoms with van der Waals surface area (Å²) in [6, 6.07) is 13.9. The average molecular weight is 487 g/mol. The summed E-state index contributed by atoms with van der Waals surface area (Å²) in [5.74, 6) is -0.436. The molecular weight excluding hydrogens is 460 g/mol. The molecule has 10 heteroatoms. The molecule has 0 saturated carbocycles. The van der Waals surface area contributed by atoms with Crippen molar-refractivity contribution in [2.24, 2.45) is 4.99 Å². The predicted molar refractivity (Wildman–Crippen MR) is 129 cm³/mol. The molecule has 34 heavy (non-hydrogen) atoms. The van der Waals surface area contributed by atoms with Gasteiger partial charge < -0.3 is 9.84 Å². The van der Waals surface area contributed by atoms with Crippen LogP contribution in [-0.2, 0) is 16.9 Å². The van der Waals surface area contributed by atoms with Crippen molar-refractivity contribution in [1.29, 1.82) is 0 Å². The van der Waals surface area contributed by atoms with Crippen molar-refractivity contribution in [3.63, 3.8) is 0 Å². The quantitative estimate of drug-likeness (QED) is 0.481. The van der Waals surface area contributed by atoms with Crippen LogP contribution in [0.3, 0.4) is 0 Å². The zero-order valence-electron chi connectivity index (χ0n) is 19.2. The highest BCUT2D eigenvalue weighted by Gasteiger charge is 2.28. The summed E-state index contributed by atoms with van der Waals surface area (Å²) >= 11 is 5.98. The lowest BCUT2D eigenvalue weighted by Gasteiger charge is -2.25. The number of carboxylic acid groups (broad SMARTS) is 1. The monoisotopic (exact) mass is 486 g/mol. The molecule has 0 aliphatic heterocycles. The van der Waals surface area contributed by atoms with Gasteiger partial charge in [-0.2, -0.15) is 0 Å². The first-order valence-electron chi connectivity index (χ1n) is 10.8. The van der Waals surface area contributed by atoms with E-state index in [0.29, 0.717) is 23.1 Å². The van der Waals surface area contributed by atoms with E-state index in [1.54, 1.807) is 48.5 Å².